The van der Waals surface area contributed by atoms with Crippen molar-refractivity contribution in [2.45, 2.75) is 13.2 Å². The second-order valence-corrected chi connectivity index (χ2v) is 7.19. The molecule has 7 heteroatoms. The molecule has 31 heavy (non-hydrogen) atoms. The molecule has 0 spiro atoms. The molecule has 3 aromatic rings. The fourth-order valence-corrected chi connectivity index (χ4v) is 3.20. The van der Waals surface area contributed by atoms with Gasteiger partial charge >= 0.3 is 0 Å². The molecule has 0 N–H and O–H groups in total. The van der Waals surface area contributed by atoms with Crippen LogP contribution >= 0.6 is 11.6 Å². The third-order valence-corrected chi connectivity index (χ3v) is 5.05. The molecule has 0 atom stereocenters. The van der Waals surface area contributed by atoms with Gasteiger partial charge in [-0.3, -0.25) is 9.78 Å². The molecule has 2 aromatic carbocycles. The van der Waals surface area contributed by atoms with Crippen molar-refractivity contribution in [2.24, 2.45) is 0 Å². The zero-order valence-corrected chi connectivity index (χ0v) is 18.3. The van der Waals surface area contributed by atoms with E-state index in [1.807, 2.05) is 42.5 Å². The van der Waals surface area contributed by atoms with E-state index in [9.17, 15) is 4.79 Å². The number of ether oxygens (including phenoxy) is 3. The number of hydrogen-bond donors (Lipinski definition) is 0. The molecule has 0 saturated carbocycles. The topological polar surface area (TPSA) is 60.9 Å². The van der Waals surface area contributed by atoms with Crippen molar-refractivity contribution < 1.29 is 19.0 Å². The van der Waals surface area contributed by atoms with E-state index in [4.69, 9.17) is 25.8 Å². The van der Waals surface area contributed by atoms with Gasteiger partial charge in [-0.25, -0.2) is 0 Å². The number of benzene rings is 2. The Bertz CT molecular complexity index is 998. The predicted molar refractivity (Wildman–Crippen MR) is 120 cm³/mol. The Balaban J connectivity index is 1.76. The minimum absolute atomic E-state index is 0.140. The first-order valence-corrected chi connectivity index (χ1v) is 10.2. The first-order chi connectivity index (χ1) is 15.1. The lowest BCUT2D eigenvalue weighted by Crippen LogP contribution is -2.33. The summed E-state index contributed by atoms with van der Waals surface area (Å²) in [5, 5.41) is 0.636. The highest BCUT2D eigenvalue weighted by molar-refractivity contribution is 6.31. The van der Waals surface area contributed by atoms with Crippen LogP contribution < -0.4 is 9.47 Å². The standard InChI is InChI=1S/C24H25ClN2O4/c1-29-14-13-27(16-20-8-5-6-12-26-20)24(28)18-10-11-22(23(15-18)30-2)31-17-19-7-3-4-9-21(19)25/h3-12,15H,13-14,16-17H2,1-2H3. The van der Waals surface area contributed by atoms with Gasteiger partial charge in [0.2, 0.25) is 0 Å². The summed E-state index contributed by atoms with van der Waals surface area (Å²) < 4.78 is 16.5. The van der Waals surface area contributed by atoms with Crippen molar-refractivity contribution in [1.29, 1.82) is 0 Å². The lowest BCUT2D eigenvalue weighted by Gasteiger charge is -2.22. The molecule has 6 nitrogen and oxygen atoms in total. The lowest BCUT2D eigenvalue weighted by atomic mass is 10.1. The van der Waals surface area contributed by atoms with Crippen LogP contribution in [0.15, 0.2) is 66.9 Å². The zero-order valence-electron chi connectivity index (χ0n) is 17.6. The van der Waals surface area contributed by atoms with Crippen LogP contribution in [0.2, 0.25) is 5.02 Å². The summed E-state index contributed by atoms with van der Waals surface area (Å²) in [6.45, 7) is 1.55. The van der Waals surface area contributed by atoms with Crippen LogP contribution in [0.3, 0.4) is 0 Å². The van der Waals surface area contributed by atoms with Crippen LogP contribution in [0.5, 0.6) is 11.5 Å². The highest BCUT2D eigenvalue weighted by Gasteiger charge is 2.19. The minimum atomic E-state index is -0.140. The van der Waals surface area contributed by atoms with Crippen LogP contribution in [-0.4, -0.2) is 43.2 Å². The number of hydrogen-bond acceptors (Lipinski definition) is 5. The summed E-state index contributed by atoms with van der Waals surface area (Å²) in [7, 11) is 3.15. The number of carbonyl (C=O) groups excluding carboxylic acids is 1. The highest BCUT2D eigenvalue weighted by atomic mass is 35.5. The molecule has 0 aliphatic rings. The Kier molecular flexibility index (Phi) is 8.27. The number of nitrogens with zero attached hydrogens (tertiary/aromatic N) is 2. The number of aromatic nitrogens is 1. The van der Waals surface area contributed by atoms with Crippen LogP contribution in [0.1, 0.15) is 21.6 Å². The summed E-state index contributed by atoms with van der Waals surface area (Å²) in [5.41, 5.74) is 2.17. The Morgan fingerprint density at radius 1 is 1.03 bits per heavy atom. The van der Waals surface area contributed by atoms with Gasteiger partial charge in [-0.2, -0.15) is 0 Å². The number of rotatable bonds is 10. The molecular weight excluding hydrogens is 416 g/mol. The summed E-state index contributed by atoms with van der Waals surface area (Å²) in [6.07, 6.45) is 1.71. The molecule has 1 amide bonds. The van der Waals surface area contributed by atoms with E-state index in [2.05, 4.69) is 4.98 Å². The van der Waals surface area contributed by atoms with E-state index in [1.165, 1.54) is 0 Å². The molecule has 1 heterocycles. The summed E-state index contributed by atoms with van der Waals surface area (Å²) in [5.74, 6) is 0.869. The normalized spacial score (nSPS) is 10.5. The van der Waals surface area contributed by atoms with E-state index in [1.54, 1.807) is 43.5 Å². The molecular formula is C24H25ClN2O4. The van der Waals surface area contributed by atoms with Gasteiger partial charge in [-0.1, -0.05) is 35.9 Å². The van der Waals surface area contributed by atoms with Crippen molar-refractivity contribution in [3.63, 3.8) is 0 Å². The van der Waals surface area contributed by atoms with Gasteiger partial charge in [0.25, 0.3) is 5.91 Å². The smallest absolute Gasteiger partial charge is 0.254 e. The predicted octanol–water partition coefficient (Wildman–Crippen LogP) is 4.61. The third kappa shape index (κ3) is 6.20. The van der Waals surface area contributed by atoms with Crippen molar-refractivity contribution in [1.82, 2.24) is 9.88 Å². The second-order valence-electron chi connectivity index (χ2n) is 6.79. The van der Waals surface area contributed by atoms with Gasteiger partial charge in [0.15, 0.2) is 11.5 Å². The SMILES string of the molecule is COCCN(Cc1ccccn1)C(=O)c1ccc(OCc2ccccc2Cl)c(OC)c1. The van der Waals surface area contributed by atoms with Crippen molar-refractivity contribution in [3.05, 3.63) is 88.7 Å². The molecule has 0 aliphatic heterocycles. The molecule has 0 bridgehead atoms. The molecule has 0 fully saturated rings. The van der Waals surface area contributed by atoms with Crippen molar-refractivity contribution >= 4 is 17.5 Å². The number of halogens is 1. The van der Waals surface area contributed by atoms with E-state index >= 15 is 0 Å². The monoisotopic (exact) mass is 440 g/mol. The molecule has 1 aromatic heterocycles. The van der Waals surface area contributed by atoms with Gasteiger partial charge < -0.3 is 19.1 Å². The van der Waals surface area contributed by atoms with Gasteiger partial charge in [-0.05, 0) is 36.4 Å². The van der Waals surface area contributed by atoms with E-state index in [0.29, 0.717) is 48.4 Å². The number of pyridine rings is 1. The van der Waals surface area contributed by atoms with E-state index in [-0.39, 0.29) is 5.91 Å². The van der Waals surface area contributed by atoms with Gasteiger partial charge in [0.1, 0.15) is 6.61 Å². The zero-order chi connectivity index (χ0) is 22.1. The maximum atomic E-state index is 13.2. The number of carbonyl (C=O) groups is 1. The average molecular weight is 441 g/mol. The van der Waals surface area contributed by atoms with Crippen molar-refractivity contribution in [2.75, 3.05) is 27.4 Å². The summed E-state index contributed by atoms with van der Waals surface area (Å²) >= 11 is 6.20. The second kappa shape index (κ2) is 11.3. The van der Waals surface area contributed by atoms with Gasteiger partial charge in [-0.15, -0.1) is 0 Å². The highest BCUT2D eigenvalue weighted by Crippen LogP contribution is 2.30. The number of amides is 1. The van der Waals surface area contributed by atoms with E-state index in [0.717, 1.165) is 11.3 Å². The van der Waals surface area contributed by atoms with Gasteiger partial charge in [0.05, 0.1) is 26.0 Å². The van der Waals surface area contributed by atoms with Crippen LogP contribution in [-0.2, 0) is 17.9 Å². The van der Waals surface area contributed by atoms with Gasteiger partial charge in [0, 0.05) is 36.0 Å². The first kappa shape index (κ1) is 22.6. The Labute approximate surface area is 187 Å². The molecule has 3 rings (SSSR count). The quantitative estimate of drug-likeness (QED) is 0.460. The lowest BCUT2D eigenvalue weighted by molar-refractivity contribution is 0.0677. The Morgan fingerprint density at radius 3 is 2.55 bits per heavy atom. The average Bonchev–Trinajstić information content (AvgIpc) is 2.81. The van der Waals surface area contributed by atoms with Crippen LogP contribution in [0, 0.1) is 0 Å². The first-order valence-electron chi connectivity index (χ1n) is 9.84. The largest absolute Gasteiger partial charge is 0.493 e. The van der Waals surface area contributed by atoms with Crippen molar-refractivity contribution in [3.8, 4) is 11.5 Å². The Morgan fingerprint density at radius 2 is 1.84 bits per heavy atom. The summed E-state index contributed by atoms with van der Waals surface area (Å²) in [6, 6.07) is 18.3. The van der Waals surface area contributed by atoms with Crippen LogP contribution in [0.25, 0.3) is 0 Å². The van der Waals surface area contributed by atoms with E-state index < -0.39 is 0 Å². The molecule has 0 saturated heterocycles. The molecule has 162 valence electrons. The number of methoxy groups -OCH3 is 2. The maximum absolute atomic E-state index is 13.2. The molecule has 0 unspecified atom stereocenters. The third-order valence-electron chi connectivity index (χ3n) is 4.68. The Hall–Kier alpha value is -3.09. The maximum Gasteiger partial charge on any atom is 0.254 e. The fraction of sp³-hybridized carbons (Fsp3) is 0.250. The molecule has 0 aliphatic carbocycles. The van der Waals surface area contributed by atoms with Crippen LogP contribution in [0.4, 0.5) is 0 Å². The fourth-order valence-electron chi connectivity index (χ4n) is 3.01. The minimum Gasteiger partial charge on any atom is -0.493 e. The summed E-state index contributed by atoms with van der Waals surface area (Å²) in [4.78, 5) is 19.2. The molecule has 0 radical (unpaired) electrons.